The van der Waals surface area contributed by atoms with Crippen LogP contribution in [0.5, 0.6) is 5.75 Å². The van der Waals surface area contributed by atoms with Crippen LogP contribution in [0.4, 0.5) is 10.1 Å². The summed E-state index contributed by atoms with van der Waals surface area (Å²) in [5.41, 5.74) is 0.0673. The maximum Gasteiger partial charge on any atom is 0.250 e. The highest BCUT2D eigenvalue weighted by molar-refractivity contribution is 6.06. The summed E-state index contributed by atoms with van der Waals surface area (Å²) in [6, 6.07) is 3.49. The smallest absolute Gasteiger partial charge is 0.250 e. The Kier molecular flexibility index (Phi) is 3.69. The summed E-state index contributed by atoms with van der Waals surface area (Å²) in [6.07, 6.45) is 0.465. The molecule has 0 saturated carbocycles. The number of halogens is 1. The van der Waals surface area contributed by atoms with E-state index in [2.05, 4.69) is 5.32 Å². The van der Waals surface area contributed by atoms with E-state index in [-0.39, 0.29) is 24.0 Å². The van der Waals surface area contributed by atoms with Gasteiger partial charge in [0.2, 0.25) is 11.8 Å². The number of anilines is 1. The van der Waals surface area contributed by atoms with Gasteiger partial charge in [-0.25, -0.2) is 4.39 Å². The first-order chi connectivity index (χ1) is 9.06. The first-order valence-corrected chi connectivity index (χ1v) is 6.01. The highest BCUT2D eigenvalue weighted by Crippen LogP contribution is 2.26. The third-order valence-corrected chi connectivity index (χ3v) is 3.05. The van der Waals surface area contributed by atoms with Gasteiger partial charge in [0.15, 0.2) is 0 Å². The predicted octanol–water partition coefficient (Wildman–Crippen LogP) is 1.08. The molecule has 1 aromatic carbocycles. The molecule has 19 heavy (non-hydrogen) atoms. The van der Waals surface area contributed by atoms with Gasteiger partial charge in [-0.1, -0.05) is 6.92 Å². The van der Waals surface area contributed by atoms with Crippen LogP contribution in [-0.4, -0.2) is 31.5 Å². The van der Waals surface area contributed by atoms with E-state index in [9.17, 15) is 14.0 Å². The number of carbonyl (C=O) groups excluding carboxylic acids is 2. The number of benzene rings is 1. The number of nitrogens with one attached hydrogen (secondary N) is 1. The summed E-state index contributed by atoms with van der Waals surface area (Å²) in [6.45, 7) is 1.60. The molecule has 1 unspecified atom stereocenters. The quantitative estimate of drug-likeness (QED) is 0.890. The third kappa shape index (κ3) is 2.52. The minimum absolute atomic E-state index is 0.0673. The molecule has 0 radical (unpaired) electrons. The van der Waals surface area contributed by atoms with Gasteiger partial charge in [0.25, 0.3) is 0 Å². The second-order valence-electron chi connectivity index (χ2n) is 4.27. The van der Waals surface area contributed by atoms with E-state index < -0.39 is 11.9 Å². The van der Waals surface area contributed by atoms with Crippen molar-refractivity contribution < 1.29 is 18.7 Å². The summed E-state index contributed by atoms with van der Waals surface area (Å²) in [5, 5.41) is 2.58. The highest BCUT2D eigenvalue weighted by atomic mass is 19.1. The van der Waals surface area contributed by atoms with Crippen LogP contribution in [-0.2, 0) is 9.59 Å². The van der Waals surface area contributed by atoms with E-state index in [0.29, 0.717) is 12.2 Å². The Hall–Kier alpha value is -2.11. The third-order valence-electron chi connectivity index (χ3n) is 3.05. The van der Waals surface area contributed by atoms with E-state index >= 15 is 0 Å². The second kappa shape index (κ2) is 5.26. The van der Waals surface area contributed by atoms with Crippen molar-refractivity contribution in [3.05, 3.63) is 24.0 Å². The molecule has 5 nitrogen and oxygen atoms in total. The Morgan fingerprint density at radius 1 is 1.47 bits per heavy atom. The molecule has 2 rings (SSSR count). The summed E-state index contributed by atoms with van der Waals surface area (Å²) in [5.74, 6) is -0.732. The molecule has 1 fully saturated rings. The lowest BCUT2D eigenvalue weighted by atomic mass is 10.1. The SMILES string of the molecule is CCC1NC(=O)CN(c2cc(OC)ccc2F)C1=O. The van der Waals surface area contributed by atoms with Gasteiger partial charge in [-0.15, -0.1) is 0 Å². The lowest BCUT2D eigenvalue weighted by Gasteiger charge is -2.32. The van der Waals surface area contributed by atoms with Gasteiger partial charge in [-0.2, -0.15) is 0 Å². The molecule has 1 aliphatic rings. The van der Waals surface area contributed by atoms with Crippen LogP contribution in [0.25, 0.3) is 0 Å². The van der Waals surface area contributed by atoms with Gasteiger partial charge < -0.3 is 10.1 Å². The van der Waals surface area contributed by atoms with Crippen LogP contribution in [0.2, 0.25) is 0 Å². The minimum atomic E-state index is -0.605. The van der Waals surface area contributed by atoms with Crippen molar-refractivity contribution in [2.45, 2.75) is 19.4 Å². The lowest BCUT2D eigenvalue weighted by molar-refractivity contribution is -0.131. The van der Waals surface area contributed by atoms with Crippen molar-refractivity contribution in [1.82, 2.24) is 5.32 Å². The van der Waals surface area contributed by atoms with E-state index in [1.807, 2.05) is 0 Å². The molecular formula is C13H15FN2O3. The Bertz CT molecular complexity index is 519. The van der Waals surface area contributed by atoms with Gasteiger partial charge in [-0.3, -0.25) is 14.5 Å². The average molecular weight is 266 g/mol. The zero-order valence-corrected chi connectivity index (χ0v) is 10.8. The largest absolute Gasteiger partial charge is 0.497 e. The van der Waals surface area contributed by atoms with Crippen molar-refractivity contribution in [2.24, 2.45) is 0 Å². The number of ether oxygens (including phenoxy) is 1. The maximum absolute atomic E-state index is 13.8. The molecule has 1 saturated heterocycles. The molecule has 1 heterocycles. The molecule has 102 valence electrons. The average Bonchev–Trinajstić information content (AvgIpc) is 2.41. The molecule has 0 aromatic heterocycles. The van der Waals surface area contributed by atoms with E-state index in [0.717, 1.165) is 4.90 Å². The van der Waals surface area contributed by atoms with Gasteiger partial charge in [-0.05, 0) is 18.6 Å². The fourth-order valence-corrected chi connectivity index (χ4v) is 2.02. The van der Waals surface area contributed by atoms with Crippen molar-refractivity contribution in [3.63, 3.8) is 0 Å². The van der Waals surface area contributed by atoms with Gasteiger partial charge in [0, 0.05) is 6.07 Å². The molecule has 2 amide bonds. The number of nitrogens with zero attached hydrogens (tertiary/aromatic N) is 1. The first-order valence-electron chi connectivity index (χ1n) is 6.01. The van der Waals surface area contributed by atoms with Crippen molar-refractivity contribution in [3.8, 4) is 5.75 Å². The number of amides is 2. The van der Waals surface area contributed by atoms with Crippen LogP contribution in [0.1, 0.15) is 13.3 Å². The van der Waals surface area contributed by atoms with Gasteiger partial charge in [0.05, 0.1) is 12.8 Å². The Labute approximate surface area is 110 Å². The van der Waals surface area contributed by atoms with Crippen molar-refractivity contribution in [1.29, 1.82) is 0 Å². The molecule has 0 bridgehead atoms. The highest BCUT2D eigenvalue weighted by Gasteiger charge is 2.33. The number of piperazine rings is 1. The van der Waals surface area contributed by atoms with Crippen LogP contribution in [0.3, 0.4) is 0 Å². The zero-order valence-electron chi connectivity index (χ0n) is 10.8. The number of rotatable bonds is 3. The zero-order chi connectivity index (χ0) is 14.0. The topological polar surface area (TPSA) is 58.6 Å². The molecular weight excluding hydrogens is 251 g/mol. The van der Waals surface area contributed by atoms with Crippen LogP contribution in [0, 0.1) is 5.82 Å². The number of methoxy groups -OCH3 is 1. The summed E-state index contributed by atoms with van der Waals surface area (Å²) in [7, 11) is 1.45. The molecule has 1 aromatic rings. The Morgan fingerprint density at radius 3 is 2.84 bits per heavy atom. The lowest BCUT2D eigenvalue weighted by Crippen LogP contribution is -2.58. The van der Waals surface area contributed by atoms with Gasteiger partial charge in [0.1, 0.15) is 24.2 Å². The van der Waals surface area contributed by atoms with E-state index in [1.54, 1.807) is 6.92 Å². The first kappa shape index (κ1) is 13.3. The number of carbonyl (C=O) groups is 2. The molecule has 1 atom stereocenters. The fraction of sp³-hybridized carbons (Fsp3) is 0.385. The minimum Gasteiger partial charge on any atom is -0.497 e. The predicted molar refractivity (Wildman–Crippen MR) is 67.5 cm³/mol. The normalized spacial score (nSPS) is 19.3. The summed E-state index contributed by atoms with van der Waals surface area (Å²) < 4.78 is 18.9. The maximum atomic E-state index is 13.8. The molecule has 0 spiro atoms. The van der Waals surface area contributed by atoms with Crippen LogP contribution < -0.4 is 15.0 Å². The summed E-state index contributed by atoms with van der Waals surface area (Å²) in [4.78, 5) is 24.9. The van der Waals surface area contributed by atoms with Crippen molar-refractivity contribution in [2.75, 3.05) is 18.6 Å². The van der Waals surface area contributed by atoms with E-state index in [1.165, 1.54) is 25.3 Å². The van der Waals surface area contributed by atoms with Gasteiger partial charge >= 0.3 is 0 Å². The Balaban J connectivity index is 2.39. The standard InChI is InChI=1S/C13H15FN2O3/c1-3-10-13(18)16(7-12(17)15-10)11-6-8(19-2)4-5-9(11)14/h4-6,10H,3,7H2,1-2H3,(H,15,17). The van der Waals surface area contributed by atoms with E-state index in [4.69, 9.17) is 4.74 Å². The molecule has 0 aliphatic carbocycles. The molecule has 6 heteroatoms. The number of hydrogen-bond acceptors (Lipinski definition) is 3. The Morgan fingerprint density at radius 2 is 2.21 bits per heavy atom. The molecule has 1 aliphatic heterocycles. The van der Waals surface area contributed by atoms with Crippen LogP contribution in [0.15, 0.2) is 18.2 Å². The summed E-state index contributed by atoms with van der Waals surface area (Å²) >= 11 is 0. The fourth-order valence-electron chi connectivity index (χ4n) is 2.02. The second-order valence-corrected chi connectivity index (χ2v) is 4.27. The number of hydrogen-bond donors (Lipinski definition) is 1. The molecule has 1 N–H and O–H groups in total. The van der Waals surface area contributed by atoms with Crippen molar-refractivity contribution >= 4 is 17.5 Å². The monoisotopic (exact) mass is 266 g/mol. The van der Waals surface area contributed by atoms with Crippen LogP contribution >= 0.6 is 0 Å².